The summed E-state index contributed by atoms with van der Waals surface area (Å²) in [5.41, 5.74) is 1.75. The number of aromatic hydroxyl groups is 1. The van der Waals surface area contributed by atoms with E-state index < -0.39 is 0 Å². The lowest BCUT2D eigenvalue weighted by atomic mass is 10.1. The molecule has 0 spiro atoms. The van der Waals surface area contributed by atoms with E-state index in [0.717, 1.165) is 5.69 Å². The number of amides is 1. The minimum atomic E-state index is -0.348. The first-order chi connectivity index (χ1) is 8.49. The lowest BCUT2D eigenvalue weighted by Gasteiger charge is -2.08. The molecule has 0 aliphatic carbocycles. The van der Waals surface area contributed by atoms with Gasteiger partial charge in [-0.1, -0.05) is 12.1 Å². The molecule has 0 bridgehead atoms. The van der Waals surface area contributed by atoms with Gasteiger partial charge in [0, 0.05) is 13.1 Å². The Hall–Kier alpha value is -2.30. The Balaban J connectivity index is 2.27. The zero-order chi connectivity index (χ0) is 13.3. The van der Waals surface area contributed by atoms with Crippen molar-refractivity contribution in [1.82, 2.24) is 9.78 Å². The average Bonchev–Trinajstić information content (AvgIpc) is 2.61. The summed E-state index contributed by atoms with van der Waals surface area (Å²) in [7, 11) is 1.75. The number of hydrogen-bond donors (Lipinski definition) is 2. The van der Waals surface area contributed by atoms with Gasteiger partial charge >= 0.3 is 0 Å². The predicted molar refractivity (Wildman–Crippen MR) is 68.7 cm³/mol. The van der Waals surface area contributed by atoms with Gasteiger partial charge in [-0.25, -0.2) is 0 Å². The molecule has 1 heterocycles. The Morgan fingerprint density at radius 2 is 2.11 bits per heavy atom. The molecule has 0 saturated heterocycles. The monoisotopic (exact) mass is 245 g/mol. The Labute approximate surface area is 105 Å². The van der Waals surface area contributed by atoms with Gasteiger partial charge in [0.2, 0.25) is 0 Å². The van der Waals surface area contributed by atoms with Gasteiger partial charge < -0.3 is 10.4 Å². The quantitative estimate of drug-likeness (QED) is 0.850. The second-order valence-electron chi connectivity index (χ2n) is 4.22. The molecule has 18 heavy (non-hydrogen) atoms. The highest BCUT2D eigenvalue weighted by Gasteiger charge is 2.14. The van der Waals surface area contributed by atoms with Gasteiger partial charge in [-0.2, -0.15) is 5.10 Å². The van der Waals surface area contributed by atoms with Crippen LogP contribution < -0.4 is 5.32 Å². The number of nitrogens with one attached hydrogen (secondary N) is 1. The first kappa shape index (κ1) is 12.2. The number of carbonyl (C=O) groups excluding carboxylic acids is 1. The number of rotatable bonds is 2. The van der Waals surface area contributed by atoms with Gasteiger partial charge in [-0.3, -0.25) is 9.48 Å². The second kappa shape index (κ2) is 4.52. The second-order valence-corrected chi connectivity index (χ2v) is 4.22. The number of phenols is 1. The van der Waals surface area contributed by atoms with Gasteiger partial charge in [0.15, 0.2) is 0 Å². The zero-order valence-corrected chi connectivity index (χ0v) is 10.6. The molecule has 5 heteroatoms. The third-order valence-corrected chi connectivity index (χ3v) is 2.73. The Morgan fingerprint density at radius 3 is 2.72 bits per heavy atom. The van der Waals surface area contributed by atoms with Crippen molar-refractivity contribution in [1.29, 1.82) is 0 Å². The fourth-order valence-corrected chi connectivity index (χ4v) is 1.75. The zero-order valence-electron chi connectivity index (χ0n) is 10.6. The van der Waals surface area contributed by atoms with E-state index >= 15 is 0 Å². The van der Waals surface area contributed by atoms with Crippen LogP contribution in [-0.2, 0) is 7.05 Å². The van der Waals surface area contributed by atoms with E-state index in [1.807, 2.05) is 6.92 Å². The summed E-state index contributed by atoms with van der Waals surface area (Å²) >= 11 is 0. The lowest BCUT2D eigenvalue weighted by molar-refractivity contribution is 0.102. The van der Waals surface area contributed by atoms with Gasteiger partial charge in [-0.15, -0.1) is 0 Å². The van der Waals surface area contributed by atoms with Crippen molar-refractivity contribution in [2.24, 2.45) is 7.05 Å². The maximum Gasteiger partial charge on any atom is 0.260 e. The number of benzene rings is 1. The Bertz CT molecular complexity index is 602. The molecule has 94 valence electrons. The third-order valence-electron chi connectivity index (χ3n) is 2.73. The van der Waals surface area contributed by atoms with Crippen LogP contribution in [0.25, 0.3) is 0 Å². The molecule has 1 aromatic heterocycles. The molecule has 0 atom stereocenters. The first-order valence-corrected chi connectivity index (χ1v) is 5.59. The molecular weight excluding hydrogens is 230 g/mol. The standard InChI is InChI=1S/C13H15N3O2/c1-8-5-4-6-10(12(8)17)13(18)14-11-7-9(2)15-16(11)3/h4-7,17H,1-3H3,(H,14,18). The molecule has 5 nitrogen and oxygen atoms in total. The van der Waals surface area contributed by atoms with Crippen molar-refractivity contribution in [3.63, 3.8) is 0 Å². The van der Waals surface area contributed by atoms with Gasteiger partial charge in [-0.05, 0) is 25.5 Å². The molecule has 0 aliphatic heterocycles. The summed E-state index contributed by atoms with van der Waals surface area (Å²) in [5, 5.41) is 16.7. The van der Waals surface area contributed by atoms with Crippen LogP contribution in [0.3, 0.4) is 0 Å². The van der Waals surface area contributed by atoms with Crippen LogP contribution in [0.15, 0.2) is 24.3 Å². The number of para-hydroxylation sites is 1. The van der Waals surface area contributed by atoms with Crippen LogP contribution in [0.4, 0.5) is 5.82 Å². The van der Waals surface area contributed by atoms with Crippen LogP contribution in [-0.4, -0.2) is 20.8 Å². The molecule has 0 radical (unpaired) electrons. The van der Waals surface area contributed by atoms with Crippen LogP contribution in [0.1, 0.15) is 21.6 Å². The van der Waals surface area contributed by atoms with E-state index in [1.165, 1.54) is 0 Å². The molecule has 2 N–H and O–H groups in total. The molecule has 1 aromatic carbocycles. The molecular formula is C13H15N3O2. The van der Waals surface area contributed by atoms with Gasteiger partial charge in [0.25, 0.3) is 5.91 Å². The average molecular weight is 245 g/mol. The van der Waals surface area contributed by atoms with Crippen molar-refractivity contribution < 1.29 is 9.90 Å². The molecule has 0 unspecified atom stereocenters. The largest absolute Gasteiger partial charge is 0.507 e. The van der Waals surface area contributed by atoms with Crippen LogP contribution in [0.5, 0.6) is 5.75 Å². The number of carbonyl (C=O) groups is 1. The summed E-state index contributed by atoms with van der Waals surface area (Å²) in [5.74, 6) is 0.256. The highest BCUT2D eigenvalue weighted by atomic mass is 16.3. The number of phenolic OH excluding ortho intramolecular Hbond substituents is 1. The van der Waals surface area contributed by atoms with E-state index in [2.05, 4.69) is 10.4 Å². The first-order valence-electron chi connectivity index (χ1n) is 5.59. The molecule has 0 saturated carbocycles. The fourth-order valence-electron chi connectivity index (χ4n) is 1.75. The summed E-state index contributed by atoms with van der Waals surface area (Å²) in [6, 6.07) is 6.84. The van der Waals surface area contributed by atoms with E-state index in [0.29, 0.717) is 11.4 Å². The number of anilines is 1. The van der Waals surface area contributed by atoms with Gasteiger partial charge in [0.05, 0.1) is 11.3 Å². The SMILES string of the molecule is Cc1cc(NC(=O)c2cccc(C)c2O)n(C)n1. The summed E-state index contributed by atoms with van der Waals surface area (Å²) in [4.78, 5) is 12.0. The highest BCUT2D eigenvalue weighted by molar-refractivity contribution is 6.05. The molecule has 0 fully saturated rings. The summed E-state index contributed by atoms with van der Waals surface area (Å²) in [6.07, 6.45) is 0. The van der Waals surface area contributed by atoms with E-state index in [1.54, 1.807) is 42.9 Å². The van der Waals surface area contributed by atoms with Gasteiger partial charge in [0.1, 0.15) is 11.6 Å². The van der Waals surface area contributed by atoms with Crippen molar-refractivity contribution in [3.8, 4) is 5.75 Å². The maximum atomic E-state index is 12.0. The maximum absolute atomic E-state index is 12.0. The van der Waals surface area contributed by atoms with Crippen LogP contribution in [0.2, 0.25) is 0 Å². The number of hydrogen-bond acceptors (Lipinski definition) is 3. The minimum absolute atomic E-state index is 0.00823. The normalized spacial score (nSPS) is 10.4. The highest BCUT2D eigenvalue weighted by Crippen LogP contribution is 2.22. The Kier molecular flexibility index (Phi) is 3.06. The Morgan fingerprint density at radius 1 is 1.39 bits per heavy atom. The smallest absolute Gasteiger partial charge is 0.260 e. The van der Waals surface area contributed by atoms with E-state index in [4.69, 9.17) is 0 Å². The van der Waals surface area contributed by atoms with Crippen molar-refractivity contribution in [3.05, 3.63) is 41.1 Å². The summed E-state index contributed by atoms with van der Waals surface area (Å²) < 4.78 is 1.58. The molecule has 2 rings (SSSR count). The van der Waals surface area contributed by atoms with Crippen molar-refractivity contribution >= 4 is 11.7 Å². The fraction of sp³-hybridized carbons (Fsp3) is 0.231. The minimum Gasteiger partial charge on any atom is -0.507 e. The number of nitrogens with zero attached hydrogens (tertiary/aromatic N) is 2. The van der Waals surface area contributed by atoms with E-state index in [-0.39, 0.29) is 17.2 Å². The van der Waals surface area contributed by atoms with Crippen LogP contribution in [0, 0.1) is 13.8 Å². The molecule has 2 aromatic rings. The lowest BCUT2D eigenvalue weighted by Crippen LogP contribution is -2.14. The topological polar surface area (TPSA) is 67.2 Å². The third kappa shape index (κ3) is 2.20. The predicted octanol–water partition coefficient (Wildman–Crippen LogP) is 1.99. The summed E-state index contributed by atoms with van der Waals surface area (Å²) in [6.45, 7) is 3.60. The van der Waals surface area contributed by atoms with E-state index in [9.17, 15) is 9.90 Å². The number of aryl methyl sites for hydroxylation is 3. The van der Waals surface area contributed by atoms with Crippen molar-refractivity contribution in [2.75, 3.05) is 5.32 Å². The van der Waals surface area contributed by atoms with Crippen molar-refractivity contribution in [2.45, 2.75) is 13.8 Å². The molecule has 0 aliphatic rings. The molecule has 1 amide bonds. The van der Waals surface area contributed by atoms with Crippen LogP contribution >= 0.6 is 0 Å². The number of aromatic nitrogens is 2.